The molecule has 2 N–H and O–H groups in total. The van der Waals surface area contributed by atoms with Crippen molar-refractivity contribution in [3.05, 3.63) is 71.3 Å². The largest absolute Gasteiger partial charge is 0.358 e. The van der Waals surface area contributed by atoms with Crippen LogP contribution in [0.3, 0.4) is 0 Å². The standard InChI is InChI=1S/C17H18N2OS/c1-2-13-8-10-15(11-9-13)16(20)19-17(21)18-12-14-6-4-3-5-7-14/h3-11H,2,12H2,1H3,(H2,18,19,20,21). The molecule has 0 saturated heterocycles. The van der Waals surface area contributed by atoms with Crippen LogP contribution in [-0.4, -0.2) is 11.0 Å². The molecule has 0 aliphatic rings. The van der Waals surface area contributed by atoms with E-state index in [4.69, 9.17) is 12.2 Å². The highest BCUT2D eigenvalue weighted by molar-refractivity contribution is 7.80. The predicted molar refractivity (Wildman–Crippen MR) is 89.2 cm³/mol. The Kier molecular flexibility index (Phi) is 5.46. The maximum absolute atomic E-state index is 12.0. The molecule has 108 valence electrons. The number of carbonyl (C=O) groups is 1. The molecule has 0 atom stereocenters. The summed E-state index contributed by atoms with van der Waals surface area (Å²) in [6.07, 6.45) is 0.957. The van der Waals surface area contributed by atoms with E-state index in [1.54, 1.807) is 0 Å². The lowest BCUT2D eigenvalue weighted by Gasteiger charge is -2.10. The molecule has 2 rings (SSSR count). The van der Waals surface area contributed by atoms with E-state index in [0.29, 0.717) is 17.2 Å². The summed E-state index contributed by atoms with van der Waals surface area (Å²) in [4.78, 5) is 12.0. The summed E-state index contributed by atoms with van der Waals surface area (Å²) in [6, 6.07) is 17.4. The maximum atomic E-state index is 12.0. The lowest BCUT2D eigenvalue weighted by Crippen LogP contribution is -2.38. The molecule has 0 fully saturated rings. The normalized spacial score (nSPS) is 9.95. The Morgan fingerprint density at radius 2 is 1.67 bits per heavy atom. The van der Waals surface area contributed by atoms with E-state index in [-0.39, 0.29) is 5.91 Å². The summed E-state index contributed by atoms with van der Waals surface area (Å²) < 4.78 is 0. The molecule has 0 saturated carbocycles. The van der Waals surface area contributed by atoms with Crippen molar-refractivity contribution in [2.45, 2.75) is 19.9 Å². The van der Waals surface area contributed by atoms with Gasteiger partial charge >= 0.3 is 0 Å². The van der Waals surface area contributed by atoms with E-state index < -0.39 is 0 Å². The van der Waals surface area contributed by atoms with Crippen LogP contribution in [0.1, 0.15) is 28.4 Å². The minimum atomic E-state index is -0.191. The Labute approximate surface area is 130 Å². The van der Waals surface area contributed by atoms with E-state index in [2.05, 4.69) is 17.6 Å². The fraction of sp³-hybridized carbons (Fsp3) is 0.176. The smallest absolute Gasteiger partial charge is 0.257 e. The first kappa shape index (κ1) is 15.2. The molecule has 0 aromatic heterocycles. The molecule has 0 unspecified atom stereocenters. The van der Waals surface area contributed by atoms with Crippen LogP contribution in [0.25, 0.3) is 0 Å². The molecule has 0 aliphatic heterocycles. The third-order valence-electron chi connectivity index (χ3n) is 3.15. The van der Waals surface area contributed by atoms with Gasteiger partial charge in [-0.2, -0.15) is 0 Å². The van der Waals surface area contributed by atoms with Gasteiger partial charge in [0.2, 0.25) is 0 Å². The van der Waals surface area contributed by atoms with Gasteiger partial charge in [0.15, 0.2) is 5.11 Å². The number of thiocarbonyl (C=S) groups is 1. The molecular weight excluding hydrogens is 280 g/mol. The van der Waals surface area contributed by atoms with Crippen molar-refractivity contribution in [3.63, 3.8) is 0 Å². The Balaban J connectivity index is 1.85. The van der Waals surface area contributed by atoms with Crippen LogP contribution in [0.4, 0.5) is 0 Å². The zero-order chi connectivity index (χ0) is 15.1. The maximum Gasteiger partial charge on any atom is 0.257 e. The minimum absolute atomic E-state index is 0.191. The number of aryl methyl sites for hydroxylation is 1. The summed E-state index contributed by atoms with van der Waals surface area (Å²) >= 11 is 5.13. The summed E-state index contributed by atoms with van der Waals surface area (Å²) in [5, 5.41) is 6.04. The molecule has 1 amide bonds. The Bertz CT molecular complexity index is 608. The van der Waals surface area contributed by atoms with Crippen LogP contribution >= 0.6 is 12.2 Å². The summed E-state index contributed by atoms with van der Waals surface area (Å²) in [5.41, 5.74) is 2.92. The molecule has 21 heavy (non-hydrogen) atoms. The van der Waals surface area contributed by atoms with E-state index >= 15 is 0 Å². The molecule has 0 radical (unpaired) electrons. The third kappa shape index (κ3) is 4.68. The van der Waals surface area contributed by atoms with Gasteiger partial charge in [-0.15, -0.1) is 0 Å². The predicted octanol–water partition coefficient (Wildman–Crippen LogP) is 3.05. The number of benzene rings is 2. The molecule has 4 heteroatoms. The van der Waals surface area contributed by atoms with Crippen LogP contribution in [0, 0.1) is 0 Å². The van der Waals surface area contributed by atoms with Gasteiger partial charge in [0.25, 0.3) is 5.91 Å². The van der Waals surface area contributed by atoms with E-state index in [1.807, 2.05) is 54.6 Å². The van der Waals surface area contributed by atoms with Gasteiger partial charge < -0.3 is 5.32 Å². The van der Waals surface area contributed by atoms with Crippen molar-refractivity contribution < 1.29 is 4.79 Å². The third-order valence-corrected chi connectivity index (χ3v) is 3.39. The molecule has 0 heterocycles. The van der Waals surface area contributed by atoms with Gasteiger partial charge in [-0.05, 0) is 41.9 Å². The molecule has 2 aromatic carbocycles. The van der Waals surface area contributed by atoms with Crippen molar-refractivity contribution in [2.24, 2.45) is 0 Å². The van der Waals surface area contributed by atoms with E-state index in [9.17, 15) is 4.79 Å². The lowest BCUT2D eigenvalue weighted by atomic mass is 10.1. The molecule has 0 spiro atoms. The molecule has 3 nitrogen and oxygen atoms in total. The number of amides is 1. The van der Waals surface area contributed by atoms with Gasteiger partial charge in [0.1, 0.15) is 0 Å². The first-order valence-electron chi connectivity index (χ1n) is 6.91. The molecular formula is C17H18N2OS. The van der Waals surface area contributed by atoms with Crippen molar-refractivity contribution in [3.8, 4) is 0 Å². The zero-order valence-corrected chi connectivity index (χ0v) is 12.7. The number of rotatable bonds is 4. The lowest BCUT2D eigenvalue weighted by molar-refractivity contribution is 0.0976. The Morgan fingerprint density at radius 3 is 2.29 bits per heavy atom. The van der Waals surface area contributed by atoms with Crippen LogP contribution < -0.4 is 10.6 Å². The minimum Gasteiger partial charge on any atom is -0.358 e. The van der Waals surface area contributed by atoms with Crippen molar-refractivity contribution in [1.82, 2.24) is 10.6 Å². The van der Waals surface area contributed by atoms with Crippen LogP contribution in [0.15, 0.2) is 54.6 Å². The second-order valence-electron chi connectivity index (χ2n) is 4.67. The first-order chi connectivity index (χ1) is 10.2. The van der Waals surface area contributed by atoms with Crippen LogP contribution in [-0.2, 0) is 13.0 Å². The summed E-state index contributed by atoms with van der Waals surface area (Å²) in [5.74, 6) is -0.191. The number of hydrogen-bond donors (Lipinski definition) is 2. The first-order valence-corrected chi connectivity index (χ1v) is 7.32. The van der Waals surface area contributed by atoms with E-state index in [1.165, 1.54) is 5.56 Å². The average Bonchev–Trinajstić information content (AvgIpc) is 2.54. The van der Waals surface area contributed by atoms with Gasteiger partial charge in [0, 0.05) is 12.1 Å². The van der Waals surface area contributed by atoms with E-state index in [0.717, 1.165) is 12.0 Å². The number of carbonyl (C=O) groups excluding carboxylic acids is 1. The highest BCUT2D eigenvalue weighted by Gasteiger charge is 2.07. The van der Waals surface area contributed by atoms with Crippen molar-refractivity contribution >= 4 is 23.2 Å². The Hall–Kier alpha value is -2.20. The van der Waals surface area contributed by atoms with Crippen molar-refractivity contribution in [2.75, 3.05) is 0 Å². The monoisotopic (exact) mass is 298 g/mol. The fourth-order valence-electron chi connectivity index (χ4n) is 1.89. The van der Waals surface area contributed by atoms with Crippen molar-refractivity contribution in [1.29, 1.82) is 0 Å². The second kappa shape index (κ2) is 7.55. The number of nitrogens with one attached hydrogen (secondary N) is 2. The Morgan fingerprint density at radius 1 is 1.00 bits per heavy atom. The van der Waals surface area contributed by atoms with Crippen LogP contribution in [0.5, 0.6) is 0 Å². The molecule has 0 bridgehead atoms. The van der Waals surface area contributed by atoms with Crippen LogP contribution in [0.2, 0.25) is 0 Å². The summed E-state index contributed by atoms with van der Waals surface area (Å²) in [6.45, 7) is 2.67. The second-order valence-corrected chi connectivity index (χ2v) is 5.08. The molecule has 0 aliphatic carbocycles. The summed E-state index contributed by atoms with van der Waals surface area (Å²) in [7, 11) is 0. The van der Waals surface area contributed by atoms with Gasteiger partial charge in [-0.3, -0.25) is 10.1 Å². The average molecular weight is 298 g/mol. The molecule has 2 aromatic rings. The van der Waals surface area contributed by atoms with Gasteiger partial charge in [0.05, 0.1) is 0 Å². The highest BCUT2D eigenvalue weighted by Crippen LogP contribution is 2.05. The van der Waals surface area contributed by atoms with Gasteiger partial charge in [-0.25, -0.2) is 0 Å². The SMILES string of the molecule is CCc1ccc(C(=O)NC(=S)NCc2ccccc2)cc1. The topological polar surface area (TPSA) is 41.1 Å². The number of hydrogen-bond acceptors (Lipinski definition) is 2. The fourth-order valence-corrected chi connectivity index (χ4v) is 2.05. The zero-order valence-electron chi connectivity index (χ0n) is 11.9. The highest BCUT2D eigenvalue weighted by atomic mass is 32.1. The van der Waals surface area contributed by atoms with Gasteiger partial charge in [-0.1, -0.05) is 49.4 Å². The quantitative estimate of drug-likeness (QED) is 0.852.